The predicted octanol–water partition coefficient (Wildman–Crippen LogP) is 3.11. The number of anilines is 1. The number of nitrogen functional groups attached to an aromatic ring is 1. The average molecular weight is 278 g/mol. The van der Waals surface area contributed by atoms with Crippen LogP contribution in [0.4, 0.5) is 5.82 Å². The zero-order valence-electron chi connectivity index (χ0n) is 9.16. The molecule has 0 bridgehead atoms. The fourth-order valence-electron chi connectivity index (χ4n) is 1.49. The Morgan fingerprint density at radius 3 is 2.56 bits per heavy atom. The maximum absolute atomic E-state index is 5.80. The van der Waals surface area contributed by atoms with Crippen molar-refractivity contribution in [2.75, 3.05) is 5.73 Å². The van der Waals surface area contributed by atoms with E-state index in [0.717, 1.165) is 15.7 Å². The molecule has 2 rings (SSSR count). The minimum absolute atomic E-state index is 0.476. The minimum atomic E-state index is 0.476. The monoisotopic (exact) mass is 277 g/mol. The van der Waals surface area contributed by atoms with Crippen molar-refractivity contribution in [1.82, 2.24) is 9.97 Å². The summed E-state index contributed by atoms with van der Waals surface area (Å²) in [6.07, 6.45) is 0. The molecule has 0 saturated heterocycles. The second-order valence-electron chi connectivity index (χ2n) is 3.70. The summed E-state index contributed by atoms with van der Waals surface area (Å²) < 4.78 is 0.768. The Morgan fingerprint density at radius 2 is 1.94 bits per heavy atom. The van der Waals surface area contributed by atoms with Gasteiger partial charge in [-0.1, -0.05) is 23.8 Å². The van der Waals surface area contributed by atoms with Crippen molar-refractivity contribution in [3.8, 4) is 11.4 Å². The Morgan fingerprint density at radius 1 is 1.19 bits per heavy atom. The highest BCUT2D eigenvalue weighted by atomic mass is 79.9. The van der Waals surface area contributed by atoms with E-state index < -0.39 is 0 Å². The molecule has 2 aromatic rings. The topological polar surface area (TPSA) is 51.8 Å². The molecule has 0 radical (unpaired) electrons. The van der Waals surface area contributed by atoms with Gasteiger partial charge >= 0.3 is 0 Å². The maximum atomic E-state index is 5.80. The lowest BCUT2D eigenvalue weighted by Gasteiger charge is -2.06. The van der Waals surface area contributed by atoms with Gasteiger partial charge in [0.25, 0.3) is 0 Å². The average Bonchev–Trinajstić information content (AvgIpc) is 2.25. The van der Waals surface area contributed by atoms with E-state index in [9.17, 15) is 0 Å². The van der Waals surface area contributed by atoms with Gasteiger partial charge in [-0.25, -0.2) is 9.97 Å². The van der Waals surface area contributed by atoms with E-state index >= 15 is 0 Å². The van der Waals surface area contributed by atoms with E-state index in [2.05, 4.69) is 25.9 Å². The molecule has 4 heteroatoms. The van der Waals surface area contributed by atoms with Gasteiger partial charge in [0.15, 0.2) is 5.82 Å². The third-order valence-corrected chi connectivity index (χ3v) is 3.30. The predicted molar refractivity (Wildman–Crippen MR) is 69.1 cm³/mol. The van der Waals surface area contributed by atoms with Gasteiger partial charge < -0.3 is 5.73 Å². The highest BCUT2D eigenvalue weighted by molar-refractivity contribution is 9.10. The fraction of sp³-hybridized carbons (Fsp3) is 0.167. The summed E-state index contributed by atoms with van der Waals surface area (Å²) >= 11 is 3.35. The summed E-state index contributed by atoms with van der Waals surface area (Å²) in [6.45, 7) is 3.94. The molecule has 3 nitrogen and oxygen atoms in total. The van der Waals surface area contributed by atoms with Crippen molar-refractivity contribution >= 4 is 21.7 Å². The van der Waals surface area contributed by atoms with Crippen molar-refractivity contribution in [1.29, 1.82) is 0 Å². The number of halogens is 1. The number of rotatable bonds is 1. The molecule has 1 aromatic heterocycles. The largest absolute Gasteiger partial charge is 0.383 e. The lowest BCUT2D eigenvalue weighted by Crippen LogP contribution is -2.00. The Hall–Kier alpha value is -1.42. The number of nitrogens with two attached hydrogens (primary N) is 1. The highest BCUT2D eigenvalue weighted by Gasteiger charge is 2.08. The van der Waals surface area contributed by atoms with Crippen LogP contribution in [0, 0.1) is 13.8 Å². The quantitative estimate of drug-likeness (QED) is 0.872. The first-order chi connectivity index (χ1) is 7.58. The van der Waals surface area contributed by atoms with Crippen LogP contribution in [-0.4, -0.2) is 9.97 Å². The second-order valence-corrected chi connectivity index (χ2v) is 4.49. The highest BCUT2D eigenvalue weighted by Crippen LogP contribution is 2.24. The van der Waals surface area contributed by atoms with Crippen LogP contribution < -0.4 is 5.73 Å². The van der Waals surface area contributed by atoms with Crippen molar-refractivity contribution in [3.05, 3.63) is 40.0 Å². The Kier molecular flexibility index (Phi) is 2.92. The molecular weight excluding hydrogens is 266 g/mol. The van der Waals surface area contributed by atoms with Crippen molar-refractivity contribution in [2.24, 2.45) is 0 Å². The van der Waals surface area contributed by atoms with Gasteiger partial charge in [0.2, 0.25) is 0 Å². The smallest absolute Gasteiger partial charge is 0.161 e. The summed E-state index contributed by atoms with van der Waals surface area (Å²) in [7, 11) is 0. The van der Waals surface area contributed by atoms with Gasteiger partial charge in [-0.3, -0.25) is 0 Å². The summed E-state index contributed by atoms with van der Waals surface area (Å²) in [4.78, 5) is 8.67. The summed E-state index contributed by atoms with van der Waals surface area (Å²) in [5.41, 5.74) is 8.82. The molecule has 0 spiro atoms. The molecule has 0 amide bonds. The van der Waals surface area contributed by atoms with Crippen LogP contribution in [0.15, 0.2) is 28.7 Å². The van der Waals surface area contributed by atoms with Crippen molar-refractivity contribution in [2.45, 2.75) is 13.8 Å². The molecule has 1 aromatic carbocycles. The number of benzene rings is 1. The number of aryl methyl sites for hydroxylation is 2. The second kappa shape index (κ2) is 4.22. The number of hydrogen-bond donors (Lipinski definition) is 1. The normalized spacial score (nSPS) is 10.4. The first-order valence-electron chi connectivity index (χ1n) is 4.94. The molecule has 0 atom stereocenters. The molecule has 0 aliphatic rings. The van der Waals surface area contributed by atoms with E-state index in [1.165, 1.54) is 5.56 Å². The minimum Gasteiger partial charge on any atom is -0.383 e. The fourth-order valence-corrected chi connectivity index (χ4v) is 1.67. The SMILES string of the molecule is Cc1cccc(-c2nc(C)c(Br)c(N)n2)c1. The van der Waals surface area contributed by atoms with E-state index in [1.54, 1.807) is 0 Å². The molecule has 0 unspecified atom stereocenters. The molecule has 0 aliphatic heterocycles. The van der Waals surface area contributed by atoms with E-state index in [4.69, 9.17) is 5.73 Å². The molecule has 0 fully saturated rings. The standard InChI is InChI=1S/C12H12BrN3/c1-7-4-3-5-9(6-7)12-15-8(2)10(13)11(14)16-12/h3-6H,1-2H3,(H2,14,15,16). The van der Waals surface area contributed by atoms with Crippen molar-refractivity contribution < 1.29 is 0 Å². The zero-order chi connectivity index (χ0) is 11.7. The van der Waals surface area contributed by atoms with Crippen LogP contribution in [0.3, 0.4) is 0 Å². The third kappa shape index (κ3) is 2.07. The van der Waals surface area contributed by atoms with Crippen LogP contribution >= 0.6 is 15.9 Å². The van der Waals surface area contributed by atoms with Gasteiger partial charge in [0, 0.05) is 5.56 Å². The van der Waals surface area contributed by atoms with Crippen LogP contribution in [-0.2, 0) is 0 Å². The first-order valence-corrected chi connectivity index (χ1v) is 5.74. The molecule has 1 heterocycles. The number of nitrogens with zero attached hydrogens (tertiary/aromatic N) is 2. The summed E-state index contributed by atoms with van der Waals surface area (Å²) in [5.74, 6) is 1.14. The van der Waals surface area contributed by atoms with Gasteiger partial charge in [-0.2, -0.15) is 0 Å². The van der Waals surface area contributed by atoms with Crippen LogP contribution in [0.25, 0.3) is 11.4 Å². The summed E-state index contributed by atoms with van der Waals surface area (Å²) in [6, 6.07) is 8.05. The van der Waals surface area contributed by atoms with Crippen molar-refractivity contribution in [3.63, 3.8) is 0 Å². The zero-order valence-corrected chi connectivity index (χ0v) is 10.7. The van der Waals surface area contributed by atoms with Crippen LogP contribution in [0.1, 0.15) is 11.3 Å². The third-order valence-electron chi connectivity index (χ3n) is 2.32. The molecule has 2 N–H and O–H groups in total. The molecular formula is C12H12BrN3. The van der Waals surface area contributed by atoms with E-state index in [1.807, 2.05) is 38.1 Å². The molecule has 82 valence electrons. The van der Waals surface area contributed by atoms with E-state index in [-0.39, 0.29) is 0 Å². The lowest BCUT2D eigenvalue weighted by molar-refractivity contribution is 1.10. The Bertz CT molecular complexity index is 515. The Balaban J connectivity index is 2.57. The van der Waals surface area contributed by atoms with Crippen LogP contribution in [0.5, 0.6) is 0 Å². The number of hydrogen-bond acceptors (Lipinski definition) is 3. The Labute approximate surface area is 103 Å². The van der Waals surface area contributed by atoms with E-state index in [0.29, 0.717) is 11.6 Å². The van der Waals surface area contributed by atoms with Crippen LogP contribution in [0.2, 0.25) is 0 Å². The molecule has 16 heavy (non-hydrogen) atoms. The molecule has 0 aliphatic carbocycles. The lowest BCUT2D eigenvalue weighted by atomic mass is 10.1. The number of aromatic nitrogens is 2. The first kappa shape index (κ1) is 11.1. The van der Waals surface area contributed by atoms with Gasteiger partial charge in [0.05, 0.1) is 10.2 Å². The van der Waals surface area contributed by atoms with Gasteiger partial charge in [-0.05, 0) is 35.8 Å². The maximum Gasteiger partial charge on any atom is 0.161 e. The summed E-state index contributed by atoms with van der Waals surface area (Å²) in [5, 5.41) is 0. The van der Waals surface area contributed by atoms with Gasteiger partial charge in [0.1, 0.15) is 5.82 Å². The molecule has 0 saturated carbocycles. The van der Waals surface area contributed by atoms with Gasteiger partial charge in [-0.15, -0.1) is 0 Å².